The largest absolute Gasteiger partial charge is 0.324 e. The van der Waals surface area contributed by atoms with Crippen LogP contribution < -0.4 is 10.7 Å². The first-order chi connectivity index (χ1) is 12.8. The third kappa shape index (κ3) is 5.61. The highest BCUT2D eigenvalue weighted by Gasteiger charge is 2.13. The Balaban J connectivity index is 1.98. The molecule has 0 aliphatic carbocycles. The van der Waals surface area contributed by atoms with Crippen LogP contribution in [0.4, 0.5) is 11.4 Å². The summed E-state index contributed by atoms with van der Waals surface area (Å²) in [4.78, 5) is 34.4. The minimum absolute atomic E-state index is 0.118. The molecule has 9 heteroatoms. The topological polar surface area (TPSA) is 114 Å². The molecule has 2 aromatic rings. The zero-order valence-electron chi connectivity index (χ0n) is 14.7. The maximum atomic E-state index is 12.1. The zero-order chi connectivity index (χ0) is 20.0. The standard InChI is InChI=1S/C18H17ClN4O4/c1-11-5-3-4-6-14(11)18(25)22-21-12(2)9-17(24)20-16-10-13(23(26)27)7-8-15(16)19/h3-8,10H,9H2,1-2H3,(H,20,24)(H,22,25)/b21-12-. The number of amides is 2. The van der Waals surface area contributed by atoms with Gasteiger partial charge in [0, 0.05) is 23.4 Å². The van der Waals surface area contributed by atoms with Crippen molar-refractivity contribution < 1.29 is 14.5 Å². The molecule has 0 unspecified atom stereocenters. The molecule has 0 aromatic heterocycles. The van der Waals surface area contributed by atoms with Gasteiger partial charge < -0.3 is 5.32 Å². The lowest BCUT2D eigenvalue weighted by molar-refractivity contribution is -0.384. The Morgan fingerprint density at radius 2 is 1.93 bits per heavy atom. The van der Waals surface area contributed by atoms with Gasteiger partial charge in [0.05, 0.1) is 22.1 Å². The van der Waals surface area contributed by atoms with Gasteiger partial charge in [-0.1, -0.05) is 29.8 Å². The van der Waals surface area contributed by atoms with E-state index >= 15 is 0 Å². The number of nitro benzene ring substituents is 1. The highest BCUT2D eigenvalue weighted by Crippen LogP contribution is 2.26. The van der Waals surface area contributed by atoms with E-state index in [0.29, 0.717) is 11.3 Å². The van der Waals surface area contributed by atoms with E-state index in [1.165, 1.54) is 18.2 Å². The third-order valence-corrected chi connectivity index (χ3v) is 3.92. The predicted octanol–water partition coefficient (Wildman–Crippen LogP) is 3.69. The van der Waals surface area contributed by atoms with E-state index < -0.39 is 10.8 Å². The number of hydrazone groups is 1. The van der Waals surface area contributed by atoms with Gasteiger partial charge in [-0.15, -0.1) is 0 Å². The van der Waals surface area contributed by atoms with E-state index in [1.807, 2.05) is 19.1 Å². The molecule has 0 bridgehead atoms. The fourth-order valence-electron chi connectivity index (χ4n) is 2.22. The Kier molecular flexibility index (Phi) is 6.62. The molecular formula is C18H17ClN4O4. The number of hydrogen-bond donors (Lipinski definition) is 2. The smallest absolute Gasteiger partial charge is 0.271 e. The Labute approximate surface area is 160 Å². The monoisotopic (exact) mass is 388 g/mol. The van der Waals surface area contributed by atoms with Crippen molar-refractivity contribution in [2.24, 2.45) is 5.10 Å². The predicted molar refractivity (Wildman–Crippen MR) is 103 cm³/mol. The highest BCUT2D eigenvalue weighted by molar-refractivity contribution is 6.33. The van der Waals surface area contributed by atoms with E-state index in [1.54, 1.807) is 19.1 Å². The number of halogens is 1. The summed E-state index contributed by atoms with van der Waals surface area (Å²) in [5, 5.41) is 17.4. The minimum atomic E-state index is -0.584. The van der Waals surface area contributed by atoms with Gasteiger partial charge in [-0.05, 0) is 31.5 Å². The summed E-state index contributed by atoms with van der Waals surface area (Å²) < 4.78 is 0. The number of carbonyl (C=O) groups excluding carboxylic acids is 2. The molecule has 0 saturated heterocycles. The van der Waals surface area contributed by atoms with Crippen molar-refractivity contribution >= 4 is 40.5 Å². The SMILES string of the molecule is C/C(CC(=O)Nc1cc([N+](=O)[O-])ccc1Cl)=N/NC(=O)c1ccccc1C. The van der Waals surface area contributed by atoms with Crippen LogP contribution in [0.1, 0.15) is 29.3 Å². The van der Waals surface area contributed by atoms with E-state index in [-0.39, 0.29) is 28.7 Å². The van der Waals surface area contributed by atoms with Crippen molar-refractivity contribution in [1.29, 1.82) is 0 Å². The minimum Gasteiger partial charge on any atom is -0.324 e. The fraction of sp³-hybridized carbons (Fsp3) is 0.167. The molecule has 8 nitrogen and oxygen atoms in total. The number of nitrogens with one attached hydrogen (secondary N) is 2. The van der Waals surface area contributed by atoms with E-state index in [4.69, 9.17) is 11.6 Å². The molecule has 2 amide bonds. The van der Waals surface area contributed by atoms with Gasteiger partial charge in [0.25, 0.3) is 11.6 Å². The van der Waals surface area contributed by atoms with Crippen molar-refractivity contribution in [2.75, 3.05) is 5.32 Å². The maximum Gasteiger partial charge on any atom is 0.271 e. The fourth-order valence-corrected chi connectivity index (χ4v) is 2.39. The second kappa shape index (κ2) is 8.91. The number of hydrogen-bond acceptors (Lipinski definition) is 5. The summed E-state index contributed by atoms with van der Waals surface area (Å²) in [5.41, 5.74) is 3.99. The van der Waals surface area contributed by atoms with Crippen LogP contribution >= 0.6 is 11.6 Å². The van der Waals surface area contributed by atoms with Crippen LogP contribution in [0.3, 0.4) is 0 Å². The zero-order valence-corrected chi connectivity index (χ0v) is 15.4. The number of anilines is 1. The summed E-state index contributed by atoms with van der Waals surface area (Å²) in [6, 6.07) is 10.8. The molecule has 0 aliphatic rings. The second-order valence-corrected chi connectivity index (χ2v) is 6.16. The molecule has 0 atom stereocenters. The summed E-state index contributed by atoms with van der Waals surface area (Å²) in [7, 11) is 0. The van der Waals surface area contributed by atoms with Gasteiger partial charge in [-0.2, -0.15) is 5.10 Å². The van der Waals surface area contributed by atoms with Crippen molar-refractivity contribution in [3.63, 3.8) is 0 Å². The Hall–Kier alpha value is -3.26. The molecular weight excluding hydrogens is 372 g/mol. The number of benzene rings is 2. The number of aryl methyl sites for hydroxylation is 1. The number of non-ortho nitro benzene ring substituents is 1. The molecule has 140 valence electrons. The molecule has 0 radical (unpaired) electrons. The Morgan fingerprint density at radius 1 is 1.22 bits per heavy atom. The van der Waals surface area contributed by atoms with Crippen LogP contribution in [-0.4, -0.2) is 22.4 Å². The van der Waals surface area contributed by atoms with Crippen LogP contribution in [0.2, 0.25) is 5.02 Å². The third-order valence-electron chi connectivity index (χ3n) is 3.59. The molecule has 0 heterocycles. The summed E-state index contributed by atoms with van der Waals surface area (Å²) in [5.74, 6) is -0.849. The molecule has 2 aromatic carbocycles. The number of rotatable bonds is 6. The Bertz CT molecular complexity index is 927. The number of nitro groups is 1. The molecule has 27 heavy (non-hydrogen) atoms. The molecule has 0 saturated carbocycles. The van der Waals surface area contributed by atoms with E-state index in [2.05, 4.69) is 15.8 Å². The lowest BCUT2D eigenvalue weighted by Crippen LogP contribution is -2.22. The average Bonchev–Trinajstić information content (AvgIpc) is 2.61. The second-order valence-electron chi connectivity index (χ2n) is 5.75. The lowest BCUT2D eigenvalue weighted by atomic mass is 10.1. The quantitative estimate of drug-likeness (QED) is 0.446. The van der Waals surface area contributed by atoms with Gasteiger partial charge >= 0.3 is 0 Å². The molecule has 2 rings (SSSR count). The summed E-state index contributed by atoms with van der Waals surface area (Å²) >= 11 is 5.94. The first-order valence-corrected chi connectivity index (χ1v) is 8.28. The van der Waals surface area contributed by atoms with E-state index in [0.717, 1.165) is 5.56 Å². The normalized spacial score (nSPS) is 11.0. The lowest BCUT2D eigenvalue weighted by Gasteiger charge is -2.08. The van der Waals surface area contributed by atoms with Gasteiger partial charge in [0.15, 0.2) is 0 Å². The van der Waals surface area contributed by atoms with Crippen LogP contribution in [0.25, 0.3) is 0 Å². The van der Waals surface area contributed by atoms with Crippen LogP contribution in [0.5, 0.6) is 0 Å². The average molecular weight is 389 g/mol. The van der Waals surface area contributed by atoms with Crippen molar-refractivity contribution in [3.8, 4) is 0 Å². The van der Waals surface area contributed by atoms with Gasteiger partial charge in [0.1, 0.15) is 0 Å². The van der Waals surface area contributed by atoms with Crippen LogP contribution in [-0.2, 0) is 4.79 Å². The number of nitrogens with zero attached hydrogens (tertiary/aromatic N) is 2. The summed E-state index contributed by atoms with van der Waals surface area (Å²) in [6.45, 7) is 3.38. The highest BCUT2D eigenvalue weighted by atomic mass is 35.5. The van der Waals surface area contributed by atoms with E-state index in [9.17, 15) is 19.7 Å². The molecule has 2 N–H and O–H groups in total. The first-order valence-electron chi connectivity index (χ1n) is 7.91. The van der Waals surface area contributed by atoms with Crippen molar-refractivity contribution in [3.05, 3.63) is 68.7 Å². The van der Waals surface area contributed by atoms with Gasteiger partial charge in [-0.25, -0.2) is 5.43 Å². The van der Waals surface area contributed by atoms with Crippen LogP contribution in [0.15, 0.2) is 47.6 Å². The number of carbonyl (C=O) groups is 2. The molecule has 0 aliphatic heterocycles. The molecule has 0 fully saturated rings. The summed E-state index contributed by atoms with van der Waals surface area (Å²) in [6.07, 6.45) is -0.118. The molecule has 0 spiro atoms. The van der Waals surface area contributed by atoms with Crippen molar-refractivity contribution in [1.82, 2.24) is 5.43 Å². The van der Waals surface area contributed by atoms with Crippen molar-refractivity contribution in [2.45, 2.75) is 20.3 Å². The Morgan fingerprint density at radius 3 is 2.59 bits per heavy atom. The van der Waals surface area contributed by atoms with Crippen LogP contribution in [0, 0.1) is 17.0 Å². The first kappa shape index (κ1) is 20.1. The van der Waals surface area contributed by atoms with Gasteiger partial charge in [-0.3, -0.25) is 19.7 Å². The maximum absolute atomic E-state index is 12.1. The van der Waals surface area contributed by atoms with Gasteiger partial charge in [0.2, 0.25) is 5.91 Å².